The molecule has 1 aromatic carbocycles. The van der Waals surface area contributed by atoms with Gasteiger partial charge in [-0.05, 0) is 43.4 Å². The number of hydrogen-bond acceptors (Lipinski definition) is 4. The average Bonchev–Trinajstić information content (AvgIpc) is 2.55. The van der Waals surface area contributed by atoms with E-state index in [9.17, 15) is 13.2 Å². The van der Waals surface area contributed by atoms with Crippen molar-refractivity contribution in [2.24, 2.45) is 5.92 Å². The van der Waals surface area contributed by atoms with Crippen LogP contribution < -0.4 is 0 Å². The molecule has 0 bridgehead atoms. The van der Waals surface area contributed by atoms with Gasteiger partial charge in [-0.15, -0.1) is 0 Å². The van der Waals surface area contributed by atoms with Gasteiger partial charge in [-0.25, -0.2) is 8.42 Å². The summed E-state index contributed by atoms with van der Waals surface area (Å²) in [6, 6.07) is 7.07. The van der Waals surface area contributed by atoms with E-state index in [4.69, 9.17) is 4.74 Å². The highest BCUT2D eigenvalue weighted by Gasteiger charge is 2.32. The van der Waals surface area contributed by atoms with Gasteiger partial charge < -0.3 is 4.74 Å². The minimum Gasteiger partial charge on any atom is -0.466 e. The van der Waals surface area contributed by atoms with E-state index in [0.717, 1.165) is 5.56 Å². The third kappa shape index (κ3) is 4.12. The number of esters is 1. The lowest BCUT2D eigenvalue weighted by atomic mass is 9.98. The smallest absolute Gasteiger partial charge is 0.309 e. The topological polar surface area (TPSA) is 63.7 Å². The molecule has 5 nitrogen and oxygen atoms in total. The normalized spacial score (nSPS) is 17.4. The van der Waals surface area contributed by atoms with E-state index in [-0.39, 0.29) is 11.9 Å². The first-order chi connectivity index (χ1) is 10.9. The van der Waals surface area contributed by atoms with E-state index in [1.807, 2.05) is 12.1 Å². The number of piperidine rings is 1. The maximum Gasteiger partial charge on any atom is 0.309 e. The van der Waals surface area contributed by atoms with Gasteiger partial charge in [-0.3, -0.25) is 4.79 Å². The number of carbonyl (C=O) groups is 1. The number of carbonyl (C=O) groups excluding carboxylic acids is 1. The first-order valence-electron chi connectivity index (χ1n) is 8.13. The molecule has 1 aromatic rings. The highest BCUT2D eigenvalue weighted by Crippen LogP contribution is 2.25. The summed E-state index contributed by atoms with van der Waals surface area (Å²) >= 11 is 0. The van der Waals surface area contributed by atoms with Crippen LogP contribution in [-0.4, -0.2) is 38.4 Å². The summed E-state index contributed by atoms with van der Waals surface area (Å²) in [5, 5.41) is 0. The Balaban J connectivity index is 2.05. The first kappa shape index (κ1) is 17.9. The molecule has 0 N–H and O–H groups in total. The molecule has 0 amide bonds. The van der Waals surface area contributed by atoms with Gasteiger partial charge in [0.25, 0.3) is 0 Å². The zero-order chi connectivity index (χ0) is 17.0. The van der Waals surface area contributed by atoms with Crippen molar-refractivity contribution < 1.29 is 17.9 Å². The Bertz CT molecular complexity index is 629. The Hall–Kier alpha value is -1.40. The quantitative estimate of drug-likeness (QED) is 0.774. The second-order valence-corrected chi connectivity index (χ2v) is 8.09. The molecule has 1 aliphatic heterocycles. The average molecular weight is 339 g/mol. The van der Waals surface area contributed by atoms with E-state index in [1.54, 1.807) is 19.1 Å². The summed E-state index contributed by atoms with van der Waals surface area (Å²) in [4.78, 5) is 12.1. The van der Waals surface area contributed by atoms with Crippen LogP contribution in [0.2, 0.25) is 0 Å². The Morgan fingerprint density at radius 2 is 1.78 bits per heavy atom. The SMILES string of the molecule is CCOC(=O)C1CCN(S(=O)(=O)c2ccc(C(C)C)cc2)CC1. The van der Waals surface area contributed by atoms with Crippen LogP contribution in [0.3, 0.4) is 0 Å². The molecule has 2 rings (SSSR count). The standard InChI is InChI=1S/C17H25NO4S/c1-4-22-17(19)15-9-11-18(12-10-15)23(20,21)16-7-5-14(6-8-16)13(2)3/h5-8,13,15H,4,9-12H2,1-3H3. The number of ether oxygens (including phenoxy) is 1. The summed E-state index contributed by atoms with van der Waals surface area (Å²) in [5.74, 6) is -0.0392. The Kier molecular flexibility index (Phi) is 5.81. The second-order valence-electron chi connectivity index (χ2n) is 6.15. The van der Waals surface area contributed by atoms with Gasteiger partial charge >= 0.3 is 5.97 Å². The zero-order valence-electron chi connectivity index (χ0n) is 14.0. The maximum atomic E-state index is 12.7. The van der Waals surface area contributed by atoms with Crippen molar-refractivity contribution in [3.05, 3.63) is 29.8 Å². The highest BCUT2D eigenvalue weighted by atomic mass is 32.2. The lowest BCUT2D eigenvalue weighted by Gasteiger charge is -2.30. The van der Waals surface area contributed by atoms with Gasteiger partial charge in [0.15, 0.2) is 0 Å². The Labute approximate surface area is 138 Å². The molecule has 0 spiro atoms. The molecule has 0 aromatic heterocycles. The van der Waals surface area contributed by atoms with Gasteiger partial charge in [-0.1, -0.05) is 26.0 Å². The Morgan fingerprint density at radius 3 is 2.26 bits per heavy atom. The third-order valence-corrected chi connectivity index (χ3v) is 6.17. The molecule has 0 atom stereocenters. The van der Waals surface area contributed by atoms with Crippen LogP contribution >= 0.6 is 0 Å². The maximum absolute atomic E-state index is 12.7. The van der Waals surface area contributed by atoms with Gasteiger partial charge in [0.2, 0.25) is 10.0 Å². The van der Waals surface area contributed by atoms with Crippen LogP contribution in [-0.2, 0) is 19.6 Å². The molecular formula is C17H25NO4S. The first-order valence-corrected chi connectivity index (χ1v) is 9.57. The van der Waals surface area contributed by atoms with Crippen molar-refractivity contribution in [1.82, 2.24) is 4.31 Å². The van der Waals surface area contributed by atoms with Crippen LogP contribution in [0.25, 0.3) is 0 Å². The number of hydrogen-bond donors (Lipinski definition) is 0. The van der Waals surface area contributed by atoms with Gasteiger partial charge in [0.05, 0.1) is 17.4 Å². The molecule has 6 heteroatoms. The summed E-state index contributed by atoms with van der Waals surface area (Å²) in [7, 11) is -3.48. The van der Waals surface area contributed by atoms with Crippen molar-refractivity contribution in [2.45, 2.75) is 44.4 Å². The fraction of sp³-hybridized carbons (Fsp3) is 0.588. The minimum absolute atomic E-state index is 0.190. The van der Waals surface area contributed by atoms with Crippen LogP contribution in [0.1, 0.15) is 45.1 Å². The monoisotopic (exact) mass is 339 g/mol. The molecular weight excluding hydrogens is 314 g/mol. The third-order valence-electron chi connectivity index (χ3n) is 4.26. The fourth-order valence-corrected chi connectivity index (χ4v) is 4.24. The van der Waals surface area contributed by atoms with E-state index >= 15 is 0 Å². The zero-order valence-corrected chi connectivity index (χ0v) is 14.8. The van der Waals surface area contributed by atoms with E-state index in [0.29, 0.717) is 43.4 Å². The second kappa shape index (κ2) is 7.45. The summed E-state index contributed by atoms with van der Waals surface area (Å²) in [6.45, 7) is 7.00. The molecule has 23 heavy (non-hydrogen) atoms. The van der Waals surface area contributed by atoms with Crippen LogP contribution in [0.5, 0.6) is 0 Å². The summed E-state index contributed by atoms with van der Waals surface area (Å²) in [6.07, 6.45) is 1.03. The van der Waals surface area contributed by atoms with Crippen molar-refractivity contribution in [3.8, 4) is 0 Å². The largest absolute Gasteiger partial charge is 0.466 e. The minimum atomic E-state index is -3.48. The van der Waals surface area contributed by atoms with Crippen molar-refractivity contribution in [3.63, 3.8) is 0 Å². The fourth-order valence-electron chi connectivity index (χ4n) is 2.77. The lowest BCUT2D eigenvalue weighted by Crippen LogP contribution is -2.40. The highest BCUT2D eigenvalue weighted by molar-refractivity contribution is 7.89. The molecule has 0 saturated carbocycles. The number of rotatable bonds is 5. The molecule has 0 aliphatic carbocycles. The summed E-state index contributed by atoms with van der Waals surface area (Å²) in [5.41, 5.74) is 1.12. The number of sulfonamides is 1. The van der Waals surface area contributed by atoms with Crippen molar-refractivity contribution in [1.29, 1.82) is 0 Å². The van der Waals surface area contributed by atoms with Crippen molar-refractivity contribution >= 4 is 16.0 Å². The molecule has 1 saturated heterocycles. The molecule has 0 radical (unpaired) electrons. The molecule has 1 fully saturated rings. The van der Waals surface area contributed by atoms with Gasteiger partial charge in [-0.2, -0.15) is 4.31 Å². The van der Waals surface area contributed by atoms with Gasteiger partial charge in [0.1, 0.15) is 0 Å². The predicted molar refractivity (Wildman–Crippen MR) is 88.6 cm³/mol. The van der Waals surface area contributed by atoms with E-state index in [2.05, 4.69) is 13.8 Å². The van der Waals surface area contributed by atoms with E-state index in [1.165, 1.54) is 4.31 Å². The van der Waals surface area contributed by atoms with Crippen LogP contribution in [0.4, 0.5) is 0 Å². The van der Waals surface area contributed by atoms with Crippen LogP contribution in [0.15, 0.2) is 29.2 Å². The predicted octanol–water partition coefficient (Wildman–Crippen LogP) is 2.77. The van der Waals surface area contributed by atoms with Crippen LogP contribution in [0, 0.1) is 5.92 Å². The van der Waals surface area contributed by atoms with Gasteiger partial charge in [0, 0.05) is 13.1 Å². The Morgan fingerprint density at radius 1 is 1.22 bits per heavy atom. The van der Waals surface area contributed by atoms with Crippen molar-refractivity contribution in [2.75, 3.05) is 19.7 Å². The number of nitrogens with zero attached hydrogens (tertiary/aromatic N) is 1. The molecule has 128 valence electrons. The molecule has 1 aliphatic rings. The van der Waals surface area contributed by atoms with E-state index < -0.39 is 10.0 Å². The lowest BCUT2D eigenvalue weighted by molar-refractivity contribution is -0.149. The molecule has 1 heterocycles. The molecule has 0 unspecified atom stereocenters. The summed E-state index contributed by atoms with van der Waals surface area (Å²) < 4.78 is 31.8. The number of benzene rings is 1.